The molecule has 0 aliphatic rings. The summed E-state index contributed by atoms with van der Waals surface area (Å²) in [6.45, 7) is 0.586. The first kappa shape index (κ1) is 18.6. The standard InChI is InChI=1S/C19H16F4N4/c20-15-5-1-13(2-6-15)9-10-24-17-11-18(26-12-25-17)27-16-7-3-14(4-8-16)19(21,22)23/h1-8,11-12H,9-10H2,(H2,24,25,26,27). The highest BCUT2D eigenvalue weighted by Gasteiger charge is 2.29. The maximum atomic E-state index is 12.9. The third kappa shape index (κ3) is 5.40. The van der Waals surface area contributed by atoms with Gasteiger partial charge in [0, 0.05) is 18.3 Å². The number of rotatable bonds is 6. The third-order valence-corrected chi connectivity index (χ3v) is 3.78. The van der Waals surface area contributed by atoms with Crippen LogP contribution in [-0.4, -0.2) is 16.5 Å². The van der Waals surface area contributed by atoms with E-state index in [9.17, 15) is 17.6 Å². The molecule has 140 valence electrons. The van der Waals surface area contributed by atoms with E-state index in [1.807, 2.05) is 0 Å². The summed E-state index contributed by atoms with van der Waals surface area (Å²) in [5.74, 6) is 0.747. The Balaban J connectivity index is 1.57. The van der Waals surface area contributed by atoms with Gasteiger partial charge in [0.1, 0.15) is 23.8 Å². The van der Waals surface area contributed by atoms with Gasteiger partial charge >= 0.3 is 6.18 Å². The second kappa shape index (κ2) is 8.03. The first-order chi connectivity index (χ1) is 12.9. The third-order valence-electron chi connectivity index (χ3n) is 3.78. The molecule has 0 atom stereocenters. The van der Waals surface area contributed by atoms with Crippen LogP contribution < -0.4 is 10.6 Å². The lowest BCUT2D eigenvalue weighted by atomic mass is 10.1. The van der Waals surface area contributed by atoms with Crippen LogP contribution in [-0.2, 0) is 12.6 Å². The summed E-state index contributed by atoms with van der Waals surface area (Å²) in [4.78, 5) is 8.16. The molecule has 0 unspecified atom stereocenters. The fourth-order valence-corrected chi connectivity index (χ4v) is 2.40. The Morgan fingerprint density at radius 1 is 0.852 bits per heavy atom. The van der Waals surface area contributed by atoms with Gasteiger partial charge in [0.2, 0.25) is 0 Å². The molecule has 1 heterocycles. The highest BCUT2D eigenvalue weighted by Crippen LogP contribution is 2.30. The average Bonchev–Trinajstić information content (AvgIpc) is 2.63. The van der Waals surface area contributed by atoms with Crippen molar-refractivity contribution >= 4 is 17.3 Å². The molecule has 0 radical (unpaired) electrons. The lowest BCUT2D eigenvalue weighted by Crippen LogP contribution is -2.07. The number of hydrogen-bond donors (Lipinski definition) is 2. The van der Waals surface area contributed by atoms with Crippen LogP contribution in [0, 0.1) is 5.82 Å². The van der Waals surface area contributed by atoms with Crippen molar-refractivity contribution < 1.29 is 17.6 Å². The van der Waals surface area contributed by atoms with E-state index >= 15 is 0 Å². The van der Waals surface area contributed by atoms with Crippen LogP contribution >= 0.6 is 0 Å². The minimum atomic E-state index is -4.37. The molecule has 4 nitrogen and oxygen atoms in total. The van der Waals surface area contributed by atoms with Crippen LogP contribution in [0.1, 0.15) is 11.1 Å². The summed E-state index contributed by atoms with van der Waals surface area (Å²) in [5, 5.41) is 6.07. The quantitative estimate of drug-likeness (QED) is 0.592. The summed E-state index contributed by atoms with van der Waals surface area (Å²) in [7, 11) is 0. The first-order valence-electron chi connectivity index (χ1n) is 8.15. The maximum absolute atomic E-state index is 12.9. The summed E-state index contributed by atoms with van der Waals surface area (Å²) < 4.78 is 50.7. The van der Waals surface area contributed by atoms with Gasteiger partial charge in [0.15, 0.2) is 0 Å². The average molecular weight is 376 g/mol. The number of aromatic nitrogens is 2. The van der Waals surface area contributed by atoms with Crippen LogP contribution in [0.2, 0.25) is 0 Å². The molecule has 0 fully saturated rings. The minimum absolute atomic E-state index is 0.276. The summed E-state index contributed by atoms with van der Waals surface area (Å²) in [5.41, 5.74) is 0.763. The summed E-state index contributed by atoms with van der Waals surface area (Å²) in [6, 6.07) is 12.6. The number of nitrogens with zero attached hydrogens (tertiary/aromatic N) is 2. The molecule has 2 aromatic carbocycles. The van der Waals surface area contributed by atoms with Crippen LogP contribution in [0.5, 0.6) is 0 Å². The lowest BCUT2D eigenvalue weighted by molar-refractivity contribution is -0.137. The van der Waals surface area contributed by atoms with Gasteiger partial charge in [-0.05, 0) is 48.4 Å². The van der Waals surface area contributed by atoms with E-state index in [0.717, 1.165) is 17.7 Å². The number of nitrogens with one attached hydrogen (secondary N) is 2. The summed E-state index contributed by atoms with van der Waals surface area (Å²) in [6.07, 6.45) is -2.33. The molecule has 3 rings (SSSR count). The summed E-state index contributed by atoms with van der Waals surface area (Å²) >= 11 is 0. The van der Waals surface area contributed by atoms with E-state index in [-0.39, 0.29) is 5.82 Å². The molecule has 8 heteroatoms. The van der Waals surface area contributed by atoms with Crippen LogP contribution in [0.15, 0.2) is 60.9 Å². The SMILES string of the molecule is Fc1ccc(CCNc2cc(Nc3ccc(C(F)(F)F)cc3)ncn2)cc1. The second-order valence-corrected chi connectivity index (χ2v) is 5.79. The second-order valence-electron chi connectivity index (χ2n) is 5.79. The van der Waals surface area contributed by atoms with E-state index in [0.29, 0.717) is 30.3 Å². The molecular weight excluding hydrogens is 360 g/mol. The Labute approximate surface area is 153 Å². The van der Waals surface area contributed by atoms with Gasteiger partial charge in [0.05, 0.1) is 5.56 Å². The topological polar surface area (TPSA) is 49.8 Å². The van der Waals surface area contributed by atoms with E-state index in [4.69, 9.17) is 0 Å². The molecule has 0 saturated heterocycles. The van der Waals surface area contributed by atoms with Gasteiger partial charge < -0.3 is 10.6 Å². The Morgan fingerprint density at radius 3 is 2.19 bits per heavy atom. The van der Waals surface area contributed by atoms with E-state index in [1.165, 1.54) is 30.6 Å². The van der Waals surface area contributed by atoms with Crippen molar-refractivity contribution in [2.45, 2.75) is 12.6 Å². The fourth-order valence-electron chi connectivity index (χ4n) is 2.40. The largest absolute Gasteiger partial charge is 0.416 e. The van der Waals surface area contributed by atoms with Crippen molar-refractivity contribution in [2.75, 3.05) is 17.2 Å². The first-order valence-corrected chi connectivity index (χ1v) is 8.15. The van der Waals surface area contributed by atoms with Gasteiger partial charge in [-0.15, -0.1) is 0 Å². The number of hydrogen-bond acceptors (Lipinski definition) is 4. The zero-order chi connectivity index (χ0) is 19.3. The predicted molar refractivity (Wildman–Crippen MR) is 95.4 cm³/mol. The zero-order valence-electron chi connectivity index (χ0n) is 14.1. The molecule has 27 heavy (non-hydrogen) atoms. The number of halogens is 4. The number of anilines is 3. The Hall–Kier alpha value is -3.16. The van der Waals surface area contributed by atoms with Crippen molar-refractivity contribution in [3.8, 4) is 0 Å². The predicted octanol–water partition coefficient (Wildman–Crippen LogP) is 5.03. The lowest BCUT2D eigenvalue weighted by Gasteiger charge is -2.10. The van der Waals surface area contributed by atoms with Crippen molar-refractivity contribution in [3.05, 3.63) is 77.9 Å². The van der Waals surface area contributed by atoms with Gasteiger partial charge in [-0.25, -0.2) is 14.4 Å². The van der Waals surface area contributed by atoms with Gasteiger partial charge in [0.25, 0.3) is 0 Å². The van der Waals surface area contributed by atoms with Crippen molar-refractivity contribution in [2.24, 2.45) is 0 Å². The van der Waals surface area contributed by atoms with Gasteiger partial charge in [-0.2, -0.15) is 13.2 Å². The van der Waals surface area contributed by atoms with Crippen molar-refractivity contribution in [3.63, 3.8) is 0 Å². The molecular formula is C19H16F4N4. The van der Waals surface area contributed by atoms with E-state index in [2.05, 4.69) is 20.6 Å². The Morgan fingerprint density at radius 2 is 1.52 bits per heavy atom. The Bertz CT molecular complexity index is 877. The van der Waals surface area contributed by atoms with Crippen LogP contribution in [0.25, 0.3) is 0 Å². The van der Waals surface area contributed by atoms with Crippen molar-refractivity contribution in [1.29, 1.82) is 0 Å². The molecule has 2 N–H and O–H groups in total. The van der Waals surface area contributed by atoms with Gasteiger partial charge in [-0.1, -0.05) is 12.1 Å². The highest BCUT2D eigenvalue weighted by molar-refractivity contribution is 5.59. The molecule has 0 saturated carbocycles. The van der Waals surface area contributed by atoms with E-state index in [1.54, 1.807) is 18.2 Å². The molecule has 0 bridgehead atoms. The Kier molecular flexibility index (Phi) is 5.54. The fraction of sp³-hybridized carbons (Fsp3) is 0.158. The molecule has 3 aromatic rings. The zero-order valence-corrected chi connectivity index (χ0v) is 14.1. The number of benzene rings is 2. The van der Waals surface area contributed by atoms with E-state index < -0.39 is 11.7 Å². The molecule has 0 aliphatic carbocycles. The monoisotopic (exact) mass is 376 g/mol. The molecule has 0 spiro atoms. The van der Waals surface area contributed by atoms with Crippen molar-refractivity contribution in [1.82, 2.24) is 9.97 Å². The highest BCUT2D eigenvalue weighted by atomic mass is 19.4. The molecule has 0 amide bonds. The van der Waals surface area contributed by atoms with Crippen LogP contribution in [0.3, 0.4) is 0 Å². The maximum Gasteiger partial charge on any atom is 0.416 e. The molecule has 0 aliphatic heterocycles. The van der Waals surface area contributed by atoms with Crippen LogP contribution in [0.4, 0.5) is 34.9 Å². The minimum Gasteiger partial charge on any atom is -0.370 e. The molecule has 1 aromatic heterocycles. The normalized spacial score (nSPS) is 11.3. The van der Waals surface area contributed by atoms with Gasteiger partial charge in [-0.3, -0.25) is 0 Å². The number of alkyl halides is 3. The smallest absolute Gasteiger partial charge is 0.370 e.